The maximum atomic E-state index is 3.11. The van der Waals surface area contributed by atoms with Gasteiger partial charge >= 0.3 is 0 Å². The van der Waals surface area contributed by atoms with Crippen LogP contribution >= 0.6 is 0 Å². The van der Waals surface area contributed by atoms with Crippen LogP contribution in [0.1, 0.15) is 0 Å². The second kappa shape index (κ2) is 4.29. The van der Waals surface area contributed by atoms with Gasteiger partial charge in [0.1, 0.15) is 0 Å². The third kappa shape index (κ3) is 1.87. The van der Waals surface area contributed by atoms with Crippen LogP contribution in [0, 0.1) is 12.7 Å². The van der Waals surface area contributed by atoms with Crippen molar-refractivity contribution in [1.29, 1.82) is 0 Å². The number of benzene rings is 1. The van der Waals surface area contributed by atoms with Crippen LogP contribution < -0.4 is 10.2 Å². The molecule has 1 N–H and O–H groups in total. The van der Waals surface area contributed by atoms with Crippen molar-refractivity contribution in [2.45, 2.75) is 0 Å². The quantitative estimate of drug-likeness (QED) is 0.782. The van der Waals surface area contributed by atoms with Crippen LogP contribution in [0.2, 0.25) is 0 Å². The molecular weight excluding hydrogens is 328 g/mol. The van der Waals surface area contributed by atoms with E-state index in [4.69, 9.17) is 0 Å². The molecule has 0 spiro atoms. The first kappa shape index (κ1) is 9.30. The maximum absolute atomic E-state index is 3.11. The Hall–Kier alpha value is -0.791. The van der Waals surface area contributed by atoms with E-state index >= 15 is 0 Å². The van der Waals surface area contributed by atoms with E-state index in [0.717, 1.165) is 5.69 Å². The number of hydrogen-bond acceptors (Lipinski definition) is 2. The molecule has 2 rings (SSSR count). The Morgan fingerprint density at radius 3 is 2.92 bits per heavy atom. The maximum Gasteiger partial charge on any atom is 0 e. The smallest absolute Gasteiger partial charge is 0 e. The summed E-state index contributed by atoms with van der Waals surface area (Å²) in [6, 6.07) is 11.0. The van der Waals surface area contributed by atoms with Crippen LogP contribution in [0.4, 0.5) is 5.69 Å². The Morgan fingerprint density at radius 2 is 2.33 bits per heavy atom. The van der Waals surface area contributed by atoms with Crippen LogP contribution in [0.15, 0.2) is 36.7 Å². The summed E-state index contributed by atoms with van der Waals surface area (Å²) in [5.74, 6) is 0. The predicted molar refractivity (Wildman–Crippen MR) is 44.3 cm³/mol. The van der Waals surface area contributed by atoms with Gasteiger partial charge in [-0.05, 0) is 12.4 Å². The standard InChI is InChI=1S/C9H8N2.Ir/c1-2-4-9(5-3-1)11-7-6-10-8-11;/h1-4,6-8,10H;/q-2;. The molecule has 0 unspecified atom stereocenters. The van der Waals surface area contributed by atoms with E-state index in [9.17, 15) is 0 Å². The van der Waals surface area contributed by atoms with Crippen LogP contribution in [0.25, 0.3) is 0 Å². The molecule has 12 heavy (non-hydrogen) atoms. The van der Waals surface area contributed by atoms with Gasteiger partial charge in [0.05, 0.1) is 0 Å². The van der Waals surface area contributed by atoms with Gasteiger partial charge in [-0.2, -0.15) is 37.0 Å². The van der Waals surface area contributed by atoms with Crippen molar-refractivity contribution in [3.8, 4) is 0 Å². The van der Waals surface area contributed by atoms with Crippen molar-refractivity contribution < 1.29 is 20.1 Å². The molecule has 0 saturated heterocycles. The summed E-state index contributed by atoms with van der Waals surface area (Å²) in [7, 11) is 0. The average Bonchev–Trinajstić information content (AvgIpc) is 2.58. The van der Waals surface area contributed by atoms with Gasteiger partial charge in [-0.1, -0.05) is 0 Å². The molecule has 1 aromatic carbocycles. The van der Waals surface area contributed by atoms with Gasteiger partial charge in [-0.25, -0.2) is 0 Å². The van der Waals surface area contributed by atoms with Crippen LogP contribution in [-0.2, 0) is 20.1 Å². The molecule has 1 aromatic rings. The number of nitrogens with zero attached hydrogens (tertiary/aromatic N) is 1. The van der Waals surface area contributed by atoms with E-state index in [2.05, 4.69) is 11.4 Å². The molecule has 1 radical (unpaired) electrons. The van der Waals surface area contributed by atoms with Crippen LogP contribution in [0.3, 0.4) is 0 Å². The summed E-state index contributed by atoms with van der Waals surface area (Å²) in [4.78, 5) is 1.97. The molecule has 3 heteroatoms. The van der Waals surface area contributed by atoms with Crippen molar-refractivity contribution in [1.82, 2.24) is 5.32 Å². The fraction of sp³-hybridized carbons (Fsp3) is 0. The summed E-state index contributed by atoms with van der Waals surface area (Å²) in [6.45, 7) is 1.88. The zero-order valence-electron chi connectivity index (χ0n) is 6.32. The van der Waals surface area contributed by atoms with E-state index in [0.29, 0.717) is 0 Å². The Balaban J connectivity index is 0.000000720. The van der Waals surface area contributed by atoms with E-state index in [1.165, 1.54) is 0 Å². The van der Waals surface area contributed by atoms with Gasteiger partial charge in [0.2, 0.25) is 0 Å². The second-order valence-electron chi connectivity index (χ2n) is 2.27. The molecule has 0 saturated carbocycles. The Bertz CT molecular complexity index is 258. The second-order valence-corrected chi connectivity index (χ2v) is 2.27. The molecule has 0 amide bonds. The monoisotopic (exact) mass is 337 g/mol. The normalized spacial score (nSPS) is 13.8. The molecule has 1 aliphatic rings. The van der Waals surface area contributed by atoms with Crippen molar-refractivity contribution in [2.75, 3.05) is 4.90 Å². The third-order valence-electron chi connectivity index (χ3n) is 1.52. The molecule has 0 fully saturated rings. The number of nitrogens with one attached hydrogen (secondary N) is 1. The Labute approximate surface area is 85.6 Å². The summed E-state index contributed by atoms with van der Waals surface area (Å²) >= 11 is 0. The van der Waals surface area contributed by atoms with Gasteiger partial charge < -0.3 is 10.2 Å². The van der Waals surface area contributed by atoms with E-state index < -0.39 is 0 Å². The summed E-state index contributed by atoms with van der Waals surface area (Å²) in [5, 5.41) is 2.97. The van der Waals surface area contributed by atoms with Gasteiger partial charge in [-0.15, -0.1) is 5.69 Å². The molecule has 0 aliphatic carbocycles. The van der Waals surface area contributed by atoms with Crippen molar-refractivity contribution in [3.63, 3.8) is 0 Å². The van der Waals surface area contributed by atoms with Crippen molar-refractivity contribution in [2.24, 2.45) is 0 Å². The molecule has 65 valence electrons. The number of para-hydroxylation sites is 1. The Morgan fingerprint density at radius 1 is 1.42 bits per heavy atom. The zero-order chi connectivity index (χ0) is 7.52. The van der Waals surface area contributed by atoms with Crippen molar-refractivity contribution in [3.05, 3.63) is 49.4 Å². The average molecular weight is 336 g/mol. The molecule has 1 aliphatic heterocycles. The van der Waals surface area contributed by atoms with Gasteiger partial charge in [-0.3, -0.25) is 0 Å². The minimum absolute atomic E-state index is 0. The van der Waals surface area contributed by atoms with Gasteiger partial charge in [0.25, 0.3) is 0 Å². The van der Waals surface area contributed by atoms with Crippen LogP contribution in [0.5, 0.6) is 0 Å². The Kier molecular flexibility index (Phi) is 3.32. The van der Waals surface area contributed by atoms with Crippen LogP contribution in [-0.4, -0.2) is 0 Å². The molecule has 0 aromatic heterocycles. The topological polar surface area (TPSA) is 15.3 Å². The number of anilines is 1. The summed E-state index contributed by atoms with van der Waals surface area (Å²) in [5.41, 5.74) is 1.05. The van der Waals surface area contributed by atoms with Gasteiger partial charge in [0, 0.05) is 20.1 Å². The minimum Gasteiger partial charge on any atom is -0.521 e. The molecule has 0 bridgehead atoms. The van der Waals surface area contributed by atoms with E-state index in [-0.39, 0.29) is 20.1 Å². The van der Waals surface area contributed by atoms with Gasteiger partial charge in [0.15, 0.2) is 0 Å². The first-order valence-corrected chi connectivity index (χ1v) is 3.48. The van der Waals surface area contributed by atoms with E-state index in [1.807, 2.05) is 48.2 Å². The number of rotatable bonds is 1. The largest absolute Gasteiger partial charge is 0.521 e. The fourth-order valence-corrected chi connectivity index (χ4v) is 0.984. The summed E-state index contributed by atoms with van der Waals surface area (Å²) < 4.78 is 0. The SMILES string of the molecule is [Ir].[c-]1ccccc1N1C=CN[CH-]1. The van der Waals surface area contributed by atoms with E-state index in [1.54, 1.807) is 0 Å². The molecule has 0 atom stereocenters. The zero-order valence-corrected chi connectivity index (χ0v) is 8.72. The minimum atomic E-state index is 0. The first-order valence-electron chi connectivity index (χ1n) is 3.48. The predicted octanol–water partition coefficient (Wildman–Crippen LogP) is 1.48. The summed E-state index contributed by atoms with van der Waals surface area (Å²) in [6.07, 6.45) is 3.83. The van der Waals surface area contributed by atoms with Crippen molar-refractivity contribution >= 4 is 5.69 Å². The molecular formula is C9H8IrN2-2. The fourth-order valence-electron chi connectivity index (χ4n) is 0.984. The number of hydrogen-bond donors (Lipinski definition) is 1. The third-order valence-corrected chi connectivity index (χ3v) is 1.52. The molecule has 2 nitrogen and oxygen atoms in total. The molecule has 1 heterocycles. The first-order chi connectivity index (χ1) is 5.47.